The van der Waals surface area contributed by atoms with Crippen LogP contribution in [-0.4, -0.2) is 17.5 Å². The molecule has 0 fully saturated rings. The first-order chi connectivity index (χ1) is 9.81. The number of carbonyl (C=O) groups excluding carboxylic acids is 1. The molecule has 3 nitrogen and oxygen atoms in total. The predicted molar refractivity (Wildman–Crippen MR) is 78.8 cm³/mol. The molecule has 0 unspecified atom stereocenters. The predicted octanol–water partition coefficient (Wildman–Crippen LogP) is 3.48. The molecule has 0 aliphatic carbocycles. The molecule has 3 rings (SSSR count). The second kappa shape index (κ2) is 5.31. The van der Waals surface area contributed by atoms with Crippen LogP contribution in [0.2, 0.25) is 0 Å². The summed E-state index contributed by atoms with van der Waals surface area (Å²) in [5, 5.41) is 0.957. The summed E-state index contributed by atoms with van der Waals surface area (Å²) in [6, 6.07) is 17.2. The van der Waals surface area contributed by atoms with Crippen LogP contribution in [0.25, 0.3) is 10.9 Å². The molecular formula is C17H15NO2. The Morgan fingerprint density at radius 1 is 1.05 bits per heavy atom. The highest BCUT2D eigenvalue weighted by Gasteiger charge is 2.15. The minimum Gasteiger partial charge on any atom is -0.364 e. The van der Waals surface area contributed by atoms with Gasteiger partial charge < -0.3 is 9.30 Å². The zero-order chi connectivity index (χ0) is 13.9. The molecule has 3 aromatic rings. The summed E-state index contributed by atoms with van der Waals surface area (Å²) in [6.45, 7) is 0.433. The number of aromatic nitrogens is 1. The Balaban J connectivity index is 2.14. The topological polar surface area (TPSA) is 31.2 Å². The average molecular weight is 265 g/mol. The number of ketones is 1. The summed E-state index contributed by atoms with van der Waals surface area (Å²) in [5.74, 6) is 0.0386. The monoisotopic (exact) mass is 265 g/mol. The van der Waals surface area contributed by atoms with E-state index in [0.29, 0.717) is 17.9 Å². The summed E-state index contributed by atoms with van der Waals surface area (Å²) < 4.78 is 7.14. The van der Waals surface area contributed by atoms with E-state index in [1.54, 1.807) is 7.11 Å². The molecule has 0 N–H and O–H groups in total. The number of rotatable bonds is 4. The van der Waals surface area contributed by atoms with Gasteiger partial charge in [-0.15, -0.1) is 0 Å². The molecule has 0 saturated heterocycles. The Kier molecular flexibility index (Phi) is 3.35. The Morgan fingerprint density at radius 3 is 2.50 bits per heavy atom. The van der Waals surface area contributed by atoms with Crippen molar-refractivity contribution in [3.05, 3.63) is 71.9 Å². The van der Waals surface area contributed by atoms with Crippen LogP contribution < -0.4 is 0 Å². The number of ether oxygens (including phenoxy) is 1. The maximum absolute atomic E-state index is 12.6. The van der Waals surface area contributed by atoms with Crippen LogP contribution in [0.3, 0.4) is 0 Å². The molecule has 100 valence electrons. The summed E-state index contributed by atoms with van der Waals surface area (Å²) in [6.07, 6.45) is 1.86. The Bertz CT molecular complexity index is 744. The maximum Gasteiger partial charge on any atom is 0.195 e. The van der Waals surface area contributed by atoms with Crippen molar-refractivity contribution in [3.8, 4) is 0 Å². The van der Waals surface area contributed by atoms with Gasteiger partial charge in [-0.25, -0.2) is 0 Å². The van der Waals surface area contributed by atoms with E-state index in [0.717, 1.165) is 10.9 Å². The quantitative estimate of drug-likeness (QED) is 0.676. The van der Waals surface area contributed by atoms with Gasteiger partial charge in [0.2, 0.25) is 0 Å². The third kappa shape index (κ3) is 2.12. The van der Waals surface area contributed by atoms with Crippen molar-refractivity contribution in [2.75, 3.05) is 7.11 Å². The van der Waals surface area contributed by atoms with E-state index >= 15 is 0 Å². The lowest BCUT2D eigenvalue weighted by atomic mass is 10.0. The number of nitrogens with zero attached hydrogens (tertiary/aromatic N) is 1. The standard InChI is InChI=1S/C17H15NO2/c1-20-12-18-11-15(14-9-5-6-10-16(14)18)17(19)13-7-3-2-4-8-13/h2-11H,12H2,1H3. The van der Waals surface area contributed by atoms with E-state index in [9.17, 15) is 4.79 Å². The van der Waals surface area contributed by atoms with Gasteiger partial charge in [-0.1, -0.05) is 48.5 Å². The van der Waals surface area contributed by atoms with Crippen LogP contribution in [0.5, 0.6) is 0 Å². The second-order valence-corrected chi connectivity index (χ2v) is 4.64. The third-order valence-electron chi connectivity index (χ3n) is 3.34. The minimum absolute atomic E-state index is 0.0386. The molecule has 0 atom stereocenters. The molecule has 0 radical (unpaired) electrons. The lowest BCUT2D eigenvalue weighted by Crippen LogP contribution is -2.01. The van der Waals surface area contributed by atoms with Crippen LogP contribution in [0, 0.1) is 0 Å². The smallest absolute Gasteiger partial charge is 0.195 e. The van der Waals surface area contributed by atoms with Crippen LogP contribution in [0.15, 0.2) is 60.8 Å². The Morgan fingerprint density at radius 2 is 1.75 bits per heavy atom. The van der Waals surface area contributed by atoms with Crippen LogP contribution >= 0.6 is 0 Å². The van der Waals surface area contributed by atoms with Crippen LogP contribution in [0.1, 0.15) is 15.9 Å². The molecule has 0 aliphatic rings. The van der Waals surface area contributed by atoms with E-state index in [2.05, 4.69) is 0 Å². The van der Waals surface area contributed by atoms with Crippen molar-refractivity contribution in [2.24, 2.45) is 0 Å². The van der Waals surface area contributed by atoms with Crippen molar-refractivity contribution >= 4 is 16.7 Å². The van der Waals surface area contributed by atoms with Gasteiger partial charge in [0.1, 0.15) is 6.73 Å². The fourth-order valence-corrected chi connectivity index (χ4v) is 2.42. The van der Waals surface area contributed by atoms with E-state index in [4.69, 9.17) is 4.74 Å². The molecule has 1 aromatic heterocycles. The third-order valence-corrected chi connectivity index (χ3v) is 3.34. The first kappa shape index (κ1) is 12.6. The summed E-state index contributed by atoms with van der Waals surface area (Å²) in [5.41, 5.74) is 2.42. The van der Waals surface area contributed by atoms with Gasteiger partial charge in [0.15, 0.2) is 5.78 Å². The molecule has 0 saturated carbocycles. The maximum atomic E-state index is 12.6. The SMILES string of the molecule is COCn1cc(C(=O)c2ccccc2)c2ccccc21. The highest BCUT2D eigenvalue weighted by atomic mass is 16.5. The van der Waals surface area contributed by atoms with Crippen molar-refractivity contribution in [2.45, 2.75) is 6.73 Å². The molecule has 1 heterocycles. The van der Waals surface area contributed by atoms with E-state index in [-0.39, 0.29) is 5.78 Å². The van der Waals surface area contributed by atoms with E-state index < -0.39 is 0 Å². The summed E-state index contributed by atoms with van der Waals surface area (Å²) >= 11 is 0. The number of methoxy groups -OCH3 is 1. The average Bonchev–Trinajstić information content (AvgIpc) is 2.87. The van der Waals surface area contributed by atoms with Gasteiger partial charge in [-0.3, -0.25) is 4.79 Å². The number of para-hydroxylation sites is 1. The number of carbonyl (C=O) groups is 1. The largest absolute Gasteiger partial charge is 0.364 e. The van der Waals surface area contributed by atoms with Crippen molar-refractivity contribution in [3.63, 3.8) is 0 Å². The Hall–Kier alpha value is -2.39. The summed E-state index contributed by atoms with van der Waals surface area (Å²) in [4.78, 5) is 12.6. The molecular weight excluding hydrogens is 250 g/mol. The lowest BCUT2D eigenvalue weighted by molar-refractivity contribution is 0.103. The number of hydrogen-bond donors (Lipinski definition) is 0. The molecule has 0 aliphatic heterocycles. The minimum atomic E-state index is 0.0386. The fourth-order valence-electron chi connectivity index (χ4n) is 2.42. The zero-order valence-corrected chi connectivity index (χ0v) is 11.2. The number of benzene rings is 2. The molecule has 20 heavy (non-hydrogen) atoms. The molecule has 2 aromatic carbocycles. The number of fused-ring (bicyclic) bond motifs is 1. The van der Waals surface area contributed by atoms with Gasteiger partial charge >= 0.3 is 0 Å². The lowest BCUT2D eigenvalue weighted by Gasteiger charge is -2.01. The summed E-state index contributed by atoms with van der Waals surface area (Å²) in [7, 11) is 1.65. The highest BCUT2D eigenvalue weighted by Crippen LogP contribution is 2.23. The number of hydrogen-bond acceptors (Lipinski definition) is 2. The van der Waals surface area contributed by atoms with Crippen molar-refractivity contribution in [1.82, 2.24) is 4.57 Å². The van der Waals surface area contributed by atoms with Crippen molar-refractivity contribution < 1.29 is 9.53 Å². The fraction of sp³-hybridized carbons (Fsp3) is 0.118. The van der Waals surface area contributed by atoms with E-state index in [1.165, 1.54) is 0 Å². The van der Waals surface area contributed by atoms with Crippen LogP contribution in [-0.2, 0) is 11.5 Å². The van der Waals surface area contributed by atoms with Crippen LogP contribution in [0.4, 0.5) is 0 Å². The van der Waals surface area contributed by atoms with E-state index in [1.807, 2.05) is 65.4 Å². The van der Waals surface area contributed by atoms with Gasteiger partial charge in [0, 0.05) is 29.8 Å². The molecule has 3 heteroatoms. The zero-order valence-electron chi connectivity index (χ0n) is 11.2. The molecule has 0 bridgehead atoms. The van der Waals surface area contributed by atoms with Crippen molar-refractivity contribution in [1.29, 1.82) is 0 Å². The normalized spacial score (nSPS) is 10.8. The van der Waals surface area contributed by atoms with Gasteiger partial charge in [0.25, 0.3) is 0 Å². The van der Waals surface area contributed by atoms with Gasteiger partial charge in [-0.05, 0) is 6.07 Å². The first-order valence-corrected chi connectivity index (χ1v) is 6.48. The van der Waals surface area contributed by atoms with Gasteiger partial charge in [-0.2, -0.15) is 0 Å². The molecule has 0 amide bonds. The first-order valence-electron chi connectivity index (χ1n) is 6.48. The molecule has 0 spiro atoms. The highest BCUT2D eigenvalue weighted by molar-refractivity contribution is 6.16. The second-order valence-electron chi connectivity index (χ2n) is 4.64. The van der Waals surface area contributed by atoms with Gasteiger partial charge in [0.05, 0.1) is 5.52 Å². The Labute approximate surface area is 117 Å².